The molecule has 0 radical (unpaired) electrons. The SMILES string of the molecule is COCCCCC(=O)N1CC[C@H]1c1ccc(Cl)cc1. The van der Waals surface area contributed by atoms with E-state index in [0.717, 1.165) is 37.4 Å². The highest BCUT2D eigenvalue weighted by atomic mass is 35.5. The lowest BCUT2D eigenvalue weighted by Gasteiger charge is -2.41. The largest absolute Gasteiger partial charge is 0.385 e. The van der Waals surface area contributed by atoms with E-state index in [1.54, 1.807) is 7.11 Å². The quantitative estimate of drug-likeness (QED) is 0.748. The van der Waals surface area contributed by atoms with Crippen molar-refractivity contribution in [3.63, 3.8) is 0 Å². The molecule has 1 aliphatic rings. The molecule has 1 aromatic carbocycles. The number of likely N-dealkylation sites (tertiary alicyclic amines) is 1. The van der Waals surface area contributed by atoms with E-state index in [1.165, 1.54) is 5.56 Å². The minimum absolute atomic E-state index is 0.243. The van der Waals surface area contributed by atoms with E-state index in [0.29, 0.717) is 6.42 Å². The molecule has 1 amide bonds. The Bertz CT molecular complexity index is 419. The van der Waals surface area contributed by atoms with E-state index >= 15 is 0 Å². The van der Waals surface area contributed by atoms with Gasteiger partial charge in [-0.2, -0.15) is 0 Å². The van der Waals surface area contributed by atoms with Crippen LogP contribution in [0.1, 0.15) is 37.3 Å². The van der Waals surface area contributed by atoms with Gasteiger partial charge in [0.2, 0.25) is 5.91 Å². The van der Waals surface area contributed by atoms with Crippen LogP contribution in [0.15, 0.2) is 24.3 Å². The van der Waals surface area contributed by atoms with Crippen molar-refractivity contribution in [3.8, 4) is 0 Å². The average Bonchev–Trinajstić information content (AvgIpc) is 2.36. The molecule has 1 saturated heterocycles. The third-order valence-corrected chi connectivity index (χ3v) is 3.84. The molecular formula is C15H20ClNO2. The molecule has 19 heavy (non-hydrogen) atoms. The van der Waals surface area contributed by atoms with Crippen LogP contribution in [0.2, 0.25) is 5.02 Å². The van der Waals surface area contributed by atoms with Crippen molar-refractivity contribution >= 4 is 17.5 Å². The monoisotopic (exact) mass is 281 g/mol. The molecule has 1 fully saturated rings. The van der Waals surface area contributed by atoms with Gasteiger partial charge in [0, 0.05) is 31.7 Å². The van der Waals surface area contributed by atoms with Crippen LogP contribution in [-0.4, -0.2) is 31.1 Å². The third kappa shape index (κ3) is 3.71. The summed E-state index contributed by atoms with van der Waals surface area (Å²) >= 11 is 5.88. The Morgan fingerprint density at radius 2 is 2.11 bits per heavy atom. The minimum atomic E-state index is 0.243. The van der Waals surface area contributed by atoms with Gasteiger partial charge >= 0.3 is 0 Å². The average molecular weight is 282 g/mol. The van der Waals surface area contributed by atoms with Crippen molar-refractivity contribution in [2.45, 2.75) is 31.7 Å². The number of hydrogen-bond acceptors (Lipinski definition) is 2. The lowest BCUT2D eigenvalue weighted by molar-refractivity contribution is -0.139. The molecule has 0 aromatic heterocycles. The van der Waals surface area contributed by atoms with Gasteiger partial charge in [-0.05, 0) is 37.0 Å². The van der Waals surface area contributed by atoms with Gasteiger partial charge in [-0.1, -0.05) is 23.7 Å². The lowest BCUT2D eigenvalue weighted by atomic mass is 9.94. The van der Waals surface area contributed by atoms with E-state index in [-0.39, 0.29) is 11.9 Å². The number of benzene rings is 1. The van der Waals surface area contributed by atoms with Gasteiger partial charge in [-0.25, -0.2) is 0 Å². The third-order valence-electron chi connectivity index (χ3n) is 3.58. The van der Waals surface area contributed by atoms with Crippen LogP contribution in [0.25, 0.3) is 0 Å². The standard InChI is InChI=1S/C15H20ClNO2/c1-19-11-3-2-4-15(18)17-10-9-14(17)12-5-7-13(16)8-6-12/h5-8,14H,2-4,9-11H2,1H3/t14-/m0/s1. The molecular weight excluding hydrogens is 262 g/mol. The molecule has 2 rings (SSSR count). The zero-order valence-corrected chi connectivity index (χ0v) is 12.0. The molecule has 1 aliphatic heterocycles. The van der Waals surface area contributed by atoms with Crippen molar-refractivity contribution in [2.24, 2.45) is 0 Å². The number of hydrogen-bond donors (Lipinski definition) is 0. The molecule has 0 saturated carbocycles. The Hall–Kier alpha value is -1.06. The Morgan fingerprint density at radius 3 is 2.68 bits per heavy atom. The predicted octanol–water partition coefficient (Wildman–Crippen LogP) is 3.43. The van der Waals surface area contributed by atoms with Crippen LogP contribution >= 0.6 is 11.6 Å². The van der Waals surface area contributed by atoms with Gasteiger partial charge < -0.3 is 9.64 Å². The van der Waals surface area contributed by atoms with Crippen molar-refractivity contribution < 1.29 is 9.53 Å². The van der Waals surface area contributed by atoms with Crippen LogP contribution in [0.4, 0.5) is 0 Å². The summed E-state index contributed by atoms with van der Waals surface area (Å²) in [6.07, 6.45) is 3.51. The van der Waals surface area contributed by atoms with Crippen molar-refractivity contribution in [1.29, 1.82) is 0 Å². The summed E-state index contributed by atoms with van der Waals surface area (Å²) in [5.74, 6) is 0.252. The predicted molar refractivity (Wildman–Crippen MR) is 76.3 cm³/mol. The first-order valence-electron chi connectivity index (χ1n) is 6.76. The fourth-order valence-electron chi connectivity index (χ4n) is 2.38. The number of ether oxygens (including phenoxy) is 1. The van der Waals surface area contributed by atoms with Gasteiger partial charge in [0.25, 0.3) is 0 Å². The first-order valence-corrected chi connectivity index (χ1v) is 7.14. The zero-order valence-electron chi connectivity index (χ0n) is 11.3. The summed E-state index contributed by atoms with van der Waals surface area (Å²) < 4.78 is 4.99. The Labute approximate surface area is 119 Å². The van der Waals surface area contributed by atoms with E-state index < -0.39 is 0 Å². The number of unbranched alkanes of at least 4 members (excludes halogenated alkanes) is 1. The van der Waals surface area contributed by atoms with E-state index in [2.05, 4.69) is 0 Å². The summed E-state index contributed by atoms with van der Waals surface area (Å²) in [6, 6.07) is 8.04. The van der Waals surface area contributed by atoms with Gasteiger partial charge in [0.05, 0.1) is 6.04 Å². The maximum atomic E-state index is 12.1. The maximum absolute atomic E-state index is 12.1. The molecule has 0 bridgehead atoms. The molecule has 1 atom stereocenters. The summed E-state index contributed by atoms with van der Waals surface area (Å²) in [7, 11) is 1.69. The van der Waals surface area contributed by atoms with Gasteiger partial charge in [-0.15, -0.1) is 0 Å². The van der Waals surface area contributed by atoms with E-state index in [1.807, 2.05) is 29.2 Å². The van der Waals surface area contributed by atoms with Crippen LogP contribution in [0, 0.1) is 0 Å². The van der Waals surface area contributed by atoms with Crippen LogP contribution in [0.3, 0.4) is 0 Å². The molecule has 0 N–H and O–H groups in total. The number of methoxy groups -OCH3 is 1. The molecule has 4 heteroatoms. The highest BCUT2D eigenvalue weighted by Gasteiger charge is 2.32. The molecule has 0 aliphatic carbocycles. The van der Waals surface area contributed by atoms with Crippen LogP contribution < -0.4 is 0 Å². The normalized spacial score (nSPS) is 18.2. The van der Waals surface area contributed by atoms with Crippen LogP contribution in [0.5, 0.6) is 0 Å². The number of rotatable bonds is 6. The molecule has 3 nitrogen and oxygen atoms in total. The zero-order chi connectivity index (χ0) is 13.7. The van der Waals surface area contributed by atoms with Crippen molar-refractivity contribution in [3.05, 3.63) is 34.9 Å². The van der Waals surface area contributed by atoms with Gasteiger partial charge in [0.15, 0.2) is 0 Å². The Morgan fingerprint density at radius 1 is 1.37 bits per heavy atom. The number of halogens is 1. The molecule has 0 unspecified atom stereocenters. The Balaban J connectivity index is 1.84. The van der Waals surface area contributed by atoms with Crippen molar-refractivity contribution in [1.82, 2.24) is 4.90 Å². The van der Waals surface area contributed by atoms with E-state index in [4.69, 9.17) is 16.3 Å². The molecule has 1 heterocycles. The number of nitrogens with zero attached hydrogens (tertiary/aromatic N) is 1. The fourth-order valence-corrected chi connectivity index (χ4v) is 2.51. The maximum Gasteiger partial charge on any atom is 0.223 e. The lowest BCUT2D eigenvalue weighted by Crippen LogP contribution is -2.45. The highest BCUT2D eigenvalue weighted by molar-refractivity contribution is 6.30. The number of carbonyl (C=O) groups is 1. The fraction of sp³-hybridized carbons (Fsp3) is 0.533. The smallest absolute Gasteiger partial charge is 0.223 e. The van der Waals surface area contributed by atoms with Gasteiger partial charge in [0.1, 0.15) is 0 Å². The summed E-state index contributed by atoms with van der Waals surface area (Å²) in [6.45, 7) is 1.60. The highest BCUT2D eigenvalue weighted by Crippen LogP contribution is 2.34. The van der Waals surface area contributed by atoms with Crippen LogP contribution in [-0.2, 0) is 9.53 Å². The number of amides is 1. The summed E-state index contributed by atoms with van der Waals surface area (Å²) in [4.78, 5) is 14.1. The second kappa shape index (κ2) is 6.92. The molecule has 104 valence electrons. The summed E-state index contributed by atoms with van der Waals surface area (Å²) in [5, 5.41) is 0.737. The second-order valence-electron chi connectivity index (χ2n) is 4.89. The molecule has 1 aromatic rings. The minimum Gasteiger partial charge on any atom is -0.385 e. The molecule has 0 spiro atoms. The topological polar surface area (TPSA) is 29.5 Å². The van der Waals surface area contributed by atoms with Gasteiger partial charge in [-0.3, -0.25) is 4.79 Å². The number of carbonyl (C=O) groups excluding carboxylic acids is 1. The Kier molecular flexibility index (Phi) is 5.23. The first-order chi connectivity index (χ1) is 9.22. The van der Waals surface area contributed by atoms with Crippen molar-refractivity contribution in [2.75, 3.05) is 20.3 Å². The van der Waals surface area contributed by atoms with E-state index in [9.17, 15) is 4.79 Å². The first kappa shape index (κ1) is 14.4. The second-order valence-corrected chi connectivity index (χ2v) is 5.33. The summed E-state index contributed by atoms with van der Waals surface area (Å²) in [5.41, 5.74) is 1.18.